The predicted molar refractivity (Wildman–Crippen MR) is 77.7 cm³/mol. The molecule has 96 valence electrons. The van der Waals surface area contributed by atoms with E-state index in [9.17, 15) is 0 Å². The van der Waals surface area contributed by atoms with Crippen molar-refractivity contribution in [3.8, 4) is 11.8 Å². The number of nitrogens with two attached hydrogens (primary N) is 1. The number of rotatable bonds is 4. The highest BCUT2D eigenvalue weighted by Crippen LogP contribution is 2.27. The number of hydrogen-bond donors (Lipinski definition) is 1. The lowest BCUT2D eigenvalue weighted by molar-refractivity contribution is 0.213. The third-order valence-corrected chi connectivity index (χ3v) is 3.45. The SMILES string of the molecule is N#Cc1ccc(OC(CN)c2ccccc2Br)cc1. The Morgan fingerprint density at radius 3 is 2.42 bits per heavy atom. The van der Waals surface area contributed by atoms with E-state index >= 15 is 0 Å². The van der Waals surface area contributed by atoms with Gasteiger partial charge >= 0.3 is 0 Å². The van der Waals surface area contributed by atoms with Crippen molar-refractivity contribution in [3.05, 3.63) is 64.1 Å². The van der Waals surface area contributed by atoms with Gasteiger partial charge in [0.15, 0.2) is 0 Å². The summed E-state index contributed by atoms with van der Waals surface area (Å²) in [7, 11) is 0. The Hall–Kier alpha value is -1.83. The maximum absolute atomic E-state index is 8.75. The molecule has 2 rings (SSSR count). The smallest absolute Gasteiger partial charge is 0.137 e. The molecule has 2 N–H and O–H groups in total. The number of hydrogen-bond acceptors (Lipinski definition) is 3. The van der Waals surface area contributed by atoms with Crippen molar-refractivity contribution >= 4 is 15.9 Å². The molecule has 1 unspecified atom stereocenters. The highest BCUT2D eigenvalue weighted by Gasteiger charge is 2.14. The number of halogens is 1. The topological polar surface area (TPSA) is 59.0 Å². The van der Waals surface area contributed by atoms with Crippen molar-refractivity contribution in [3.63, 3.8) is 0 Å². The van der Waals surface area contributed by atoms with Gasteiger partial charge in [-0.15, -0.1) is 0 Å². The molecule has 0 spiro atoms. The third kappa shape index (κ3) is 3.34. The van der Waals surface area contributed by atoms with Gasteiger partial charge in [0.2, 0.25) is 0 Å². The van der Waals surface area contributed by atoms with Gasteiger partial charge < -0.3 is 10.5 Å². The van der Waals surface area contributed by atoms with Gasteiger partial charge in [-0.2, -0.15) is 5.26 Å². The molecule has 2 aromatic rings. The average molecular weight is 317 g/mol. The van der Waals surface area contributed by atoms with Crippen LogP contribution in [-0.2, 0) is 0 Å². The first-order chi connectivity index (χ1) is 9.24. The van der Waals surface area contributed by atoms with E-state index in [0.717, 1.165) is 10.0 Å². The second kappa shape index (κ2) is 6.37. The first kappa shape index (κ1) is 13.6. The van der Waals surface area contributed by atoms with Crippen LogP contribution in [0.25, 0.3) is 0 Å². The molecule has 0 fully saturated rings. The molecule has 0 amide bonds. The lowest BCUT2D eigenvalue weighted by Crippen LogP contribution is -2.18. The monoisotopic (exact) mass is 316 g/mol. The van der Waals surface area contributed by atoms with Crippen LogP contribution in [0.5, 0.6) is 5.75 Å². The highest BCUT2D eigenvalue weighted by molar-refractivity contribution is 9.10. The van der Waals surface area contributed by atoms with Gasteiger partial charge in [-0.3, -0.25) is 0 Å². The number of ether oxygens (including phenoxy) is 1. The van der Waals surface area contributed by atoms with Crippen LogP contribution in [0, 0.1) is 11.3 Å². The van der Waals surface area contributed by atoms with Gasteiger partial charge in [0.25, 0.3) is 0 Å². The fraction of sp³-hybridized carbons (Fsp3) is 0.133. The van der Waals surface area contributed by atoms with Crippen molar-refractivity contribution in [1.82, 2.24) is 0 Å². The maximum atomic E-state index is 8.75. The fourth-order valence-electron chi connectivity index (χ4n) is 1.75. The molecule has 0 radical (unpaired) electrons. The Balaban J connectivity index is 2.19. The average Bonchev–Trinajstić information content (AvgIpc) is 2.46. The second-order valence-corrected chi connectivity index (χ2v) is 4.85. The lowest BCUT2D eigenvalue weighted by atomic mass is 10.1. The molecule has 0 aliphatic rings. The Labute approximate surface area is 120 Å². The van der Waals surface area contributed by atoms with E-state index in [-0.39, 0.29) is 6.10 Å². The summed E-state index contributed by atoms with van der Waals surface area (Å²) in [6.07, 6.45) is -0.219. The number of nitrogens with zero attached hydrogens (tertiary/aromatic N) is 1. The van der Waals surface area contributed by atoms with Crippen LogP contribution in [0.2, 0.25) is 0 Å². The standard InChI is InChI=1S/C15H13BrN2O/c16-14-4-2-1-3-13(14)15(10-18)19-12-7-5-11(9-17)6-8-12/h1-8,15H,10,18H2. The Morgan fingerprint density at radius 1 is 1.16 bits per heavy atom. The van der Waals surface area contributed by atoms with Gasteiger partial charge in [0.05, 0.1) is 11.6 Å². The van der Waals surface area contributed by atoms with Crippen molar-refractivity contribution in [2.45, 2.75) is 6.10 Å². The molecule has 0 aliphatic carbocycles. The van der Waals surface area contributed by atoms with Crippen molar-refractivity contribution in [2.24, 2.45) is 5.73 Å². The predicted octanol–water partition coefficient (Wildman–Crippen LogP) is 3.40. The van der Waals surface area contributed by atoms with Gasteiger partial charge in [-0.05, 0) is 30.3 Å². The minimum Gasteiger partial charge on any atom is -0.484 e. The summed E-state index contributed by atoms with van der Waals surface area (Å²) in [6.45, 7) is 0.378. The number of nitriles is 1. The quantitative estimate of drug-likeness (QED) is 0.940. The molecule has 0 heterocycles. The Bertz CT molecular complexity index is 590. The largest absolute Gasteiger partial charge is 0.484 e. The zero-order valence-electron chi connectivity index (χ0n) is 10.2. The van der Waals surface area contributed by atoms with E-state index in [0.29, 0.717) is 17.9 Å². The Kier molecular flexibility index (Phi) is 4.56. The van der Waals surface area contributed by atoms with Gasteiger partial charge in [0.1, 0.15) is 11.9 Å². The lowest BCUT2D eigenvalue weighted by Gasteiger charge is -2.19. The van der Waals surface area contributed by atoms with Crippen LogP contribution in [-0.4, -0.2) is 6.54 Å². The van der Waals surface area contributed by atoms with Crippen LogP contribution in [0.3, 0.4) is 0 Å². The summed E-state index contributed by atoms with van der Waals surface area (Å²) < 4.78 is 6.84. The molecular formula is C15H13BrN2O. The van der Waals surface area contributed by atoms with E-state index < -0.39 is 0 Å². The van der Waals surface area contributed by atoms with Gasteiger partial charge in [0, 0.05) is 16.6 Å². The van der Waals surface area contributed by atoms with E-state index in [1.165, 1.54) is 0 Å². The summed E-state index contributed by atoms with van der Waals surface area (Å²) in [5, 5.41) is 8.75. The molecule has 0 bridgehead atoms. The van der Waals surface area contributed by atoms with Gasteiger partial charge in [-0.25, -0.2) is 0 Å². The minimum atomic E-state index is -0.219. The summed E-state index contributed by atoms with van der Waals surface area (Å²) in [5.41, 5.74) is 7.40. The third-order valence-electron chi connectivity index (χ3n) is 2.73. The Morgan fingerprint density at radius 2 is 1.84 bits per heavy atom. The first-order valence-electron chi connectivity index (χ1n) is 5.86. The number of benzene rings is 2. The van der Waals surface area contributed by atoms with Crippen LogP contribution in [0.15, 0.2) is 53.0 Å². The van der Waals surface area contributed by atoms with Crippen LogP contribution >= 0.6 is 15.9 Å². The normalized spacial score (nSPS) is 11.6. The summed E-state index contributed by atoms with van der Waals surface area (Å²) in [4.78, 5) is 0. The van der Waals surface area contributed by atoms with E-state index in [2.05, 4.69) is 22.0 Å². The highest BCUT2D eigenvalue weighted by atomic mass is 79.9. The summed E-state index contributed by atoms with van der Waals surface area (Å²) in [5.74, 6) is 0.699. The van der Waals surface area contributed by atoms with Gasteiger partial charge in [-0.1, -0.05) is 34.1 Å². The zero-order valence-corrected chi connectivity index (χ0v) is 11.8. The van der Waals surface area contributed by atoms with Crippen LogP contribution in [0.1, 0.15) is 17.2 Å². The molecule has 0 aliphatic heterocycles. The molecule has 4 heteroatoms. The molecule has 0 saturated carbocycles. The summed E-state index contributed by atoms with van der Waals surface area (Å²) in [6, 6.07) is 16.9. The van der Waals surface area contributed by atoms with Crippen LogP contribution in [0.4, 0.5) is 0 Å². The fourth-order valence-corrected chi connectivity index (χ4v) is 2.29. The van der Waals surface area contributed by atoms with E-state index in [4.69, 9.17) is 15.7 Å². The molecule has 1 atom stereocenters. The first-order valence-corrected chi connectivity index (χ1v) is 6.65. The summed E-state index contributed by atoms with van der Waals surface area (Å²) >= 11 is 3.50. The van der Waals surface area contributed by atoms with Crippen molar-refractivity contribution in [1.29, 1.82) is 5.26 Å². The molecule has 2 aromatic carbocycles. The molecule has 3 nitrogen and oxygen atoms in total. The van der Waals surface area contributed by atoms with Crippen molar-refractivity contribution < 1.29 is 4.74 Å². The molecule has 19 heavy (non-hydrogen) atoms. The van der Waals surface area contributed by atoms with Crippen LogP contribution < -0.4 is 10.5 Å². The molecule has 0 aromatic heterocycles. The molecular weight excluding hydrogens is 304 g/mol. The van der Waals surface area contributed by atoms with E-state index in [1.54, 1.807) is 24.3 Å². The minimum absolute atomic E-state index is 0.219. The zero-order chi connectivity index (χ0) is 13.7. The second-order valence-electron chi connectivity index (χ2n) is 4.00. The maximum Gasteiger partial charge on any atom is 0.137 e. The molecule has 0 saturated heterocycles. The van der Waals surface area contributed by atoms with E-state index in [1.807, 2.05) is 24.3 Å². The van der Waals surface area contributed by atoms with Crippen molar-refractivity contribution in [2.75, 3.05) is 6.54 Å².